The van der Waals surface area contributed by atoms with Crippen LogP contribution in [0.15, 0.2) is 47.4 Å². The highest BCUT2D eigenvalue weighted by molar-refractivity contribution is 7.89. The van der Waals surface area contributed by atoms with Crippen molar-refractivity contribution in [2.45, 2.75) is 43.4 Å². The minimum absolute atomic E-state index is 0.210. The lowest BCUT2D eigenvalue weighted by molar-refractivity contribution is 0.0735. The Labute approximate surface area is 198 Å². The number of rotatable bonds is 5. The molecule has 0 radical (unpaired) electrons. The average Bonchev–Trinajstić information content (AvgIpc) is 3.42. The van der Waals surface area contributed by atoms with Gasteiger partial charge in [0.2, 0.25) is 10.0 Å². The topological polar surface area (TPSA) is 79.8 Å². The molecular formula is C24H27N3O4S2. The number of thiazole rings is 1. The van der Waals surface area contributed by atoms with E-state index in [1.165, 1.54) is 37.1 Å². The number of sulfonamides is 1. The zero-order valence-electron chi connectivity index (χ0n) is 18.4. The van der Waals surface area contributed by atoms with Crippen molar-refractivity contribution in [2.75, 3.05) is 31.1 Å². The minimum atomic E-state index is -3.54. The van der Waals surface area contributed by atoms with Gasteiger partial charge in [-0.2, -0.15) is 4.31 Å². The summed E-state index contributed by atoms with van der Waals surface area (Å²) in [6, 6.07) is 11.5. The van der Waals surface area contributed by atoms with Gasteiger partial charge in [-0.25, -0.2) is 18.2 Å². The van der Waals surface area contributed by atoms with Crippen LogP contribution in [-0.4, -0.2) is 49.9 Å². The highest BCUT2D eigenvalue weighted by atomic mass is 32.2. The van der Waals surface area contributed by atoms with E-state index in [1.54, 1.807) is 21.7 Å². The van der Waals surface area contributed by atoms with Crippen LogP contribution in [0, 0.1) is 0 Å². The standard InChI is InChI=1S/C24H27N3O4S2/c28-23(18-7-10-20(11-8-18)33(29,30)27-15-3-1-2-4-16-27)31-19-9-12-21-22(17-19)32-24(25-21)26-13-5-6-14-26/h7-12,17H,1-6,13-16H2. The van der Waals surface area contributed by atoms with Gasteiger partial charge in [0.15, 0.2) is 5.13 Å². The summed E-state index contributed by atoms with van der Waals surface area (Å²) in [5.74, 6) is -0.0669. The van der Waals surface area contributed by atoms with Crippen LogP contribution >= 0.6 is 11.3 Å². The number of anilines is 1. The molecule has 2 aromatic carbocycles. The van der Waals surface area contributed by atoms with Gasteiger partial charge >= 0.3 is 5.97 Å². The van der Waals surface area contributed by atoms with Crippen molar-refractivity contribution in [1.82, 2.24) is 9.29 Å². The van der Waals surface area contributed by atoms with E-state index in [0.717, 1.165) is 54.1 Å². The van der Waals surface area contributed by atoms with Crippen LogP contribution in [0.2, 0.25) is 0 Å². The van der Waals surface area contributed by atoms with E-state index in [-0.39, 0.29) is 4.90 Å². The van der Waals surface area contributed by atoms with Crippen molar-refractivity contribution in [1.29, 1.82) is 0 Å². The number of esters is 1. The van der Waals surface area contributed by atoms with Gasteiger partial charge in [-0.05, 0) is 62.1 Å². The number of hydrogen-bond donors (Lipinski definition) is 0. The first-order valence-electron chi connectivity index (χ1n) is 11.5. The van der Waals surface area contributed by atoms with Crippen molar-refractivity contribution in [3.8, 4) is 5.75 Å². The number of benzene rings is 2. The molecule has 2 aliphatic heterocycles. The van der Waals surface area contributed by atoms with Crippen molar-refractivity contribution in [3.05, 3.63) is 48.0 Å². The maximum absolute atomic E-state index is 12.9. The predicted octanol–water partition coefficient (Wildman–Crippen LogP) is 4.68. The summed E-state index contributed by atoms with van der Waals surface area (Å²) in [6.07, 6.45) is 6.27. The first-order valence-corrected chi connectivity index (χ1v) is 13.7. The third kappa shape index (κ3) is 4.76. The van der Waals surface area contributed by atoms with Gasteiger partial charge in [-0.15, -0.1) is 0 Å². The van der Waals surface area contributed by atoms with Crippen molar-refractivity contribution in [3.63, 3.8) is 0 Å². The summed E-state index contributed by atoms with van der Waals surface area (Å²) < 4.78 is 34.0. The van der Waals surface area contributed by atoms with E-state index < -0.39 is 16.0 Å². The third-order valence-electron chi connectivity index (χ3n) is 6.23. The molecule has 0 N–H and O–H groups in total. The zero-order chi connectivity index (χ0) is 22.8. The molecule has 2 aliphatic rings. The Kier molecular flexibility index (Phi) is 6.36. The maximum atomic E-state index is 12.9. The Morgan fingerprint density at radius 3 is 2.24 bits per heavy atom. The number of carbonyl (C=O) groups is 1. The quantitative estimate of drug-likeness (QED) is 0.386. The van der Waals surface area contributed by atoms with Gasteiger partial charge < -0.3 is 9.64 Å². The molecule has 0 aliphatic carbocycles. The van der Waals surface area contributed by atoms with E-state index in [2.05, 4.69) is 4.90 Å². The molecule has 0 spiro atoms. The molecule has 2 saturated heterocycles. The Morgan fingerprint density at radius 1 is 0.879 bits per heavy atom. The fourth-order valence-corrected chi connectivity index (χ4v) is 6.92. The van der Waals surface area contributed by atoms with Crippen molar-refractivity contribution >= 4 is 42.7 Å². The summed E-state index contributed by atoms with van der Waals surface area (Å²) in [5, 5.41) is 1.01. The molecule has 0 unspecified atom stereocenters. The van der Waals surface area contributed by atoms with Gasteiger partial charge in [-0.3, -0.25) is 0 Å². The summed E-state index contributed by atoms with van der Waals surface area (Å²) in [4.78, 5) is 19.9. The molecule has 9 heteroatoms. The number of aromatic nitrogens is 1. The maximum Gasteiger partial charge on any atom is 0.343 e. The van der Waals surface area contributed by atoms with Crippen molar-refractivity contribution in [2.24, 2.45) is 0 Å². The summed E-state index contributed by atoms with van der Waals surface area (Å²) in [6.45, 7) is 3.16. The normalized spacial score (nSPS) is 17.9. The molecule has 33 heavy (non-hydrogen) atoms. The van der Waals surface area contributed by atoms with Crippen LogP contribution in [0.3, 0.4) is 0 Å². The lowest BCUT2D eigenvalue weighted by Gasteiger charge is -2.19. The summed E-state index contributed by atoms with van der Waals surface area (Å²) >= 11 is 1.60. The summed E-state index contributed by atoms with van der Waals surface area (Å²) in [5.41, 5.74) is 1.21. The van der Waals surface area contributed by atoms with Gasteiger partial charge in [0.1, 0.15) is 5.75 Å². The molecule has 0 amide bonds. The highest BCUT2D eigenvalue weighted by Crippen LogP contribution is 2.33. The van der Waals surface area contributed by atoms with Crippen LogP contribution in [0.5, 0.6) is 5.75 Å². The van der Waals surface area contributed by atoms with Crippen LogP contribution in [0.1, 0.15) is 48.9 Å². The predicted molar refractivity (Wildman–Crippen MR) is 130 cm³/mol. The van der Waals surface area contributed by atoms with Crippen LogP contribution in [-0.2, 0) is 10.0 Å². The fourth-order valence-electron chi connectivity index (χ4n) is 4.36. The molecule has 7 nitrogen and oxygen atoms in total. The number of fused-ring (bicyclic) bond motifs is 1. The van der Waals surface area contributed by atoms with Crippen molar-refractivity contribution < 1.29 is 17.9 Å². The first-order chi connectivity index (χ1) is 16.0. The molecule has 174 valence electrons. The molecule has 3 heterocycles. The number of carbonyl (C=O) groups excluding carboxylic acids is 1. The monoisotopic (exact) mass is 485 g/mol. The number of hydrogen-bond acceptors (Lipinski definition) is 7. The lowest BCUT2D eigenvalue weighted by Crippen LogP contribution is -2.31. The highest BCUT2D eigenvalue weighted by Gasteiger charge is 2.25. The summed E-state index contributed by atoms with van der Waals surface area (Å²) in [7, 11) is -3.54. The molecule has 3 aromatic rings. The van der Waals surface area contributed by atoms with Crippen LogP contribution < -0.4 is 9.64 Å². The SMILES string of the molecule is O=C(Oc1ccc2nc(N3CCCC3)sc2c1)c1ccc(S(=O)(=O)N2CCCCCC2)cc1. The average molecular weight is 486 g/mol. The third-order valence-corrected chi connectivity index (χ3v) is 9.22. The van der Waals surface area contributed by atoms with E-state index >= 15 is 0 Å². The second kappa shape index (κ2) is 9.40. The van der Waals surface area contributed by atoms with Gasteiger partial charge in [0.05, 0.1) is 20.7 Å². The van der Waals surface area contributed by atoms with E-state index in [9.17, 15) is 13.2 Å². The first kappa shape index (κ1) is 22.3. The molecule has 1 aromatic heterocycles. The van der Waals surface area contributed by atoms with Gasteiger partial charge in [0, 0.05) is 32.2 Å². The van der Waals surface area contributed by atoms with Gasteiger partial charge in [-0.1, -0.05) is 24.2 Å². The minimum Gasteiger partial charge on any atom is -0.423 e. The number of ether oxygens (including phenoxy) is 1. The van der Waals surface area contributed by atoms with Crippen LogP contribution in [0.25, 0.3) is 10.2 Å². The molecule has 0 saturated carbocycles. The molecule has 0 atom stereocenters. The van der Waals surface area contributed by atoms with E-state index in [0.29, 0.717) is 24.4 Å². The molecular weight excluding hydrogens is 458 g/mol. The number of nitrogens with zero attached hydrogens (tertiary/aromatic N) is 3. The lowest BCUT2D eigenvalue weighted by atomic mass is 10.2. The largest absolute Gasteiger partial charge is 0.423 e. The Bertz CT molecular complexity index is 1240. The smallest absolute Gasteiger partial charge is 0.343 e. The second-order valence-electron chi connectivity index (χ2n) is 8.55. The molecule has 2 fully saturated rings. The Balaban J connectivity index is 1.29. The second-order valence-corrected chi connectivity index (χ2v) is 11.5. The fraction of sp³-hybridized carbons (Fsp3) is 0.417. The van der Waals surface area contributed by atoms with E-state index in [4.69, 9.17) is 9.72 Å². The van der Waals surface area contributed by atoms with E-state index in [1.807, 2.05) is 12.1 Å². The Hall–Kier alpha value is -2.49. The molecule has 0 bridgehead atoms. The Morgan fingerprint density at radius 2 is 1.55 bits per heavy atom. The molecule has 5 rings (SSSR count). The van der Waals surface area contributed by atoms with Gasteiger partial charge in [0.25, 0.3) is 0 Å². The van der Waals surface area contributed by atoms with Crippen LogP contribution in [0.4, 0.5) is 5.13 Å². The zero-order valence-corrected chi connectivity index (χ0v) is 20.0.